The van der Waals surface area contributed by atoms with Crippen LogP contribution in [0.2, 0.25) is 0 Å². The molecule has 0 unspecified atom stereocenters. The van der Waals surface area contributed by atoms with Crippen LogP contribution in [0.3, 0.4) is 0 Å². The summed E-state index contributed by atoms with van der Waals surface area (Å²) in [7, 11) is 0. The quantitative estimate of drug-likeness (QED) is 0.504. The molecule has 0 spiro atoms. The molecule has 6 heteroatoms. The Labute approximate surface area is 121 Å². The molecule has 1 aromatic carbocycles. The lowest BCUT2D eigenvalue weighted by Gasteiger charge is -2.10. The van der Waals surface area contributed by atoms with Gasteiger partial charge in [0.05, 0.1) is 17.4 Å². The van der Waals surface area contributed by atoms with E-state index in [1.54, 1.807) is 24.5 Å². The molecule has 0 fully saturated rings. The Morgan fingerprint density at radius 1 is 1.05 bits per heavy atom. The van der Waals surface area contributed by atoms with Crippen LogP contribution in [-0.2, 0) is 0 Å². The van der Waals surface area contributed by atoms with Crippen molar-refractivity contribution in [1.29, 1.82) is 0 Å². The largest absolute Gasteiger partial charge is 0.321 e. The van der Waals surface area contributed by atoms with Gasteiger partial charge in [-0.1, -0.05) is 24.3 Å². The monoisotopic (exact) mass is 279 g/mol. The Hall–Kier alpha value is -2.99. The van der Waals surface area contributed by atoms with E-state index in [4.69, 9.17) is 5.84 Å². The number of nitrogens with zero attached hydrogens (tertiary/aromatic N) is 2. The maximum atomic E-state index is 12.4. The molecule has 0 aliphatic rings. The Kier molecular flexibility index (Phi) is 3.44. The molecule has 3 rings (SSSR count). The molecule has 0 saturated heterocycles. The summed E-state index contributed by atoms with van der Waals surface area (Å²) in [5, 5.41) is 4.36. The number of carbonyl (C=O) groups excluding carboxylic acids is 1. The minimum absolute atomic E-state index is 0.240. The smallest absolute Gasteiger partial charge is 0.257 e. The topological polar surface area (TPSA) is 92.9 Å². The number of pyridine rings is 2. The van der Waals surface area contributed by atoms with Crippen LogP contribution in [0.15, 0.2) is 55.0 Å². The van der Waals surface area contributed by atoms with Crippen molar-refractivity contribution in [2.45, 2.75) is 0 Å². The molecule has 3 aromatic rings. The van der Waals surface area contributed by atoms with Gasteiger partial charge in [0.1, 0.15) is 5.82 Å². The van der Waals surface area contributed by atoms with E-state index in [0.717, 1.165) is 10.8 Å². The fourth-order valence-corrected chi connectivity index (χ4v) is 2.12. The number of amides is 1. The normalized spacial score (nSPS) is 10.3. The third-order valence-corrected chi connectivity index (χ3v) is 3.10. The molecular weight excluding hydrogens is 266 g/mol. The lowest BCUT2D eigenvalue weighted by atomic mass is 10.1. The van der Waals surface area contributed by atoms with E-state index >= 15 is 0 Å². The predicted molar refractivity (Wildman–Crippen MR) is 81.7 cm³/mol. The summed E-state index contributed by atoms with van der Waals surface area (Å²) in [6, 6.07) is 11.0. The van der Waals surface area contributed by atoms with Crippen molar-refractivity contribution < 1.29 is 4.79 Å². The van der Waals surface area contributed by atoms with Crippen molar-refractivity contribution in [2.24, 2.45) is 5.84 Å². The van der Waals surface area contributed by atoms with Gasteiger partial charge in [-0.25, -0.2) is 10.8 Å². The predicted octanol–water partition coefficient (Wildman–Crippen LogP) is 2.17. The van der Waals surface area contributed by atoms with Crippen LogP contribution >= 0.6 is 0 Å². The molecule has 21 heavy (non-hydrogen) atoms. The zero-order chi connectivity index (χ0) is 14.7. The summed E-state index contributed by atoms with van der Waals surface area (Å²) in [4.78, 5) is 20.5. The number of nitrogen functional groups attached to an aromatic ring is 1. The molecule has 1 amide bonds. The van der Waals surface area contributed by atoms with E-state index in [9.17, 15) is 4.79 Å². The maximum absolute atomic E-state index is 12.4. The van der Waals surface area contributed by atoms with Crippen molar-refractivity contribution in [1.82, 2.24) is 9.97 Å². The summed E-state index contributed by atoms with van der Waals surface area (Å²) in [6.45, 7) is 0. The number of rotatable bonds is 3. The first-order valence-electron chi connectivity index (χ1n) is 6.35. The van der Waals surface area contributed by atoms with Gasteiger partial charge in [-0.05, 0) is 17.5 Å². The average molecular weight is 279 g/mol. The number of aromatic nitrogens is 2. The number of nitrogens with two attached hydrogens (primary N) is 1. The second-order valence-electron chi connectivity index (χ2n) is 4.41. The van der Waals surface area contributed by atoms with E-state index in [1.807, 2.05) is 24.3 Å². The van der Waals surface area contributed by atoms with E-state index in [2.05, 4.69) is 20.7 Å². The molecule has 0 radical (unpaired) electrons. The maximum Gasteiger partial charge on any atom is 0.257 e. The van der Waals surface area contributed by atoms with Crippen LogP contribution < -0.4 is 16.6 Å². The van der Waals surface area contributed by atoms with E-state index in [-0.39, 0.29) is 5.91 Å². The van der Waals surface area contributed by atoms with Crippen molar-refractivity contribution in [2.75, 3.05) is 10.7 Å². The zero-order valence-corrected chi connectivity index (χ0v) is 11.1. The number of hydrogen-bond acceptors (Lipinski definition) is 5. The van der Waals surface area contributed by atoms with Crippen LogP contribution in [0.4, 0.5) is 11.5 Å². The Morgan fingerprint density at radius 3 is 2.57 bits per heavy atom. The SMILES string of the molecule is NNc1ncc(C(=O)Nc2cccnc2)c2ccccc12. The van der Waals surface area contributed by atoms with Gasteiger partial charge in [-0.15, -0.1) is 0 Å². The summed E-state index contributed by atoms with van der Waals surface area (Å²) in [6.07, 6.45) is 4.74. The van der Waals surface area contributed by atoms with Gasteiger partial charge in [0.15, 0.2) is 0 Å². The fraction of sp³-hybridized carbons (Fsp3) is 0. The average Bonchev–Trinajstić information content (AvgIpc) is 2.54. The molecule has 2 aromatic heterocycles. The van der Waals surface area contributed by atoms with Crippen LogP contribution in [0.1, 0.15) is 10.4 Å². The fourth-order valence-electron chi connectivity index (χ4n) is 2.12. The van der Waals surface area contributed by atoms with Crippen molar-refractivity contribution in [3.8, 4) is 0 Å². The number of anilines is 2. The first-order valence-corrected chi connectivity index (χ1v) is 6.35. The van der Waals surface area contributed by atoms with Gasteiger partial charge in [0.25, 0.3) is 5.91 Å². The number of fused-ring (bicyclic) bond motifs is 1. The first-order chi connectivity index (χ1) is 10.3. The zero-order valence-electron chi connectivity index (χ0n) is 11.1. The number of benzene rings is 1. The minimum atomic E-state index is -0.240. The third kappa shape index (κ3) is 2.52. The van der Waals surface area contributed by atoms with Crippen molar-refractivity contribution in [3.63, 3.8) is 0 Å². The van der Waals surface area contributed by atoms with E-state index < -0.39 is 0 Å². The highest BCUT2D eigenvalue weighted by molar-refractivity contribution is 6.14. The molecule has 104 valence electrons. The van der Waals surface area contributed by atoms with Crippen LogP contribution in [0.5, 0.6) is 0 Å². The summed E-state index contributed by atoms with van der Waals surface area (Å²) < 4.78 is 0. The third-order valence-electron chi connectivity index (χ3n) is 3.10. The Morgan fingerprint density at radius 2 is 1.86 bits per heavy atom. The van der Waals surface area contributed by atoms with Gasteiger partial charge in [-0.2, -0.15) is 0 Å². The standard InChI is InChI=1S/C15H13N5O/c16-20-14-12-6-2-1-5-11(12)13(9-18-14)15(21)19-10-4-3-7-17-8-10/h1-9H,16H2,(H,18,20)(H,19,21). The molecule has 6 nitrogen and oxygen atoms in total. The molecule has 4 N–H and O–H groups in total. The second-order valence-corrected chi connectivity index (χ2v) is 4.41. The highest BCUT2D eigenvalue weighted by atomic mass is 16.1. The Balaban J connectivity index is 2.03. The van der Waals surface area contributed by atoms with E-state index in [0.29, 0.717) is 17.1 Å². The van der Waals surface area contributed by atoms with Crippen LogP contribution in [0, 0.1) is 0 Å². The molecule has 0 atom stereocenters. The van der Waals surface area contributed by atoms with Crippen molar-refractivity contribution >= 4 is 28.2 Å². The first kappa shape index (κ1) is 13.0. The second kappa shape index (κ2) is 5.56. The lowest BCUT2D eigenvalue weighted by molar-refractivity contribution is 0.102. The molecule has 0 aliphatic heterocycles. The van der Waals surface area contributed by atoms with Gasteiger partial charge in [0.2, 0.25) is 0 Å². The van der Waals surface area contributed by atoms with E-state index in [1.165, 1.54) is 6.20 Å². The number of hydrogen-bond donors (Lipinski definition) is 3. The lowest BCUT2D eigenvalue weighted by Crippen LogP contribution is -2.15. The van der Waals surface area contributed by atoms with Gasteiger partial charge < -0.3 is 10.7 Å². The molecule has 0 aliphatic carbocycles. The molecular formula is C15H13N5O. The summed E-state index contributed by atoms with van der Waals surface area (Å²) in [5.74, 6) is 5.73. The Bertz CT molecular complexity index is 788. The molecule has 2 heterocycles. The summed E-state index contributed by atoms with van der Waals surface area (Å²) in [5.41, 5.74) is 3.65. The van der Waals surface area contributed by atoms with Crippen LogP contribution in [-0.4, -0.2) is 15.9 Å². The molecule has 0 bridgehead atoms. The minimum Gasteiger partial charge on any atom is -0.321 e. The highest BCUT2D eigenvalue weighted by Gasteiger charge is 2.13. The van der Waals surface area contributed by atoms with Crippen molar-refractivity contribution in [3.05, 3.63) is 60.6 Å². The highest BCUT2D eigenvalue weighted by Crippen LogP contribution is 2.24. The van der Waals surface area contributed by atoms with Gasteiger partial charge in [-0.3, -0.25) is 9.78 Å². The number of nitrogens with one attached hydrogen (secondary N) is 2. The summed E-state index contributed by atoms with van der Waals surface area (Å²) >= 11 is 0. The van der Waals surface area contributed by atoms with Gasteiger partial charge >= 0.3 is 0 Å². The number of carbonyl (C=O) groups is 1. The van der Waals surface area contributed by atoms with Gasteiger partial charge in [0, 0.05) is 17.8 Å². The van der Waals surface area contributed by atoms with Crippen LogP contribution in [0.25, 0.3) is 10.8 Å². The molecule has 0 saturated carbocycles. The number of hydrazine groups is 1.